The van der Waals surface area contributed by atoms with Crippen molar-refractivity contribution in [3.05, 3.63) is 48.6 Å². The number of rotatable bonds is 48. The van der Waals surface area contributed by atoms with E-state index in [-0.39, 0.29) is 24.9 Å². The molecule has 1 amide bonds. The molecular formula is C56H103NO5. The van der Waals surface area contributed by atoms with Crippen molar-refractivity contribution in [3.8, 4) is 0 Å². The third-order valence-corrected chi connectivity index (χ3v) is 12.1. The van der Waals surface area contributed by atoms with Crippen LogP contribution in [0.2, 0.25) is 0 Å². The highest BCUT2D eigenvalue weighted by Crippen LogP contribution is 2.18. The second kappa shape index (κ2) is 49.8. The van der Waals surface area contributed by atoms with Crippen LogP contribution >= 0.6 is 0 Å². The fraction of sp³-hybridized carbons (Fsp3) is 0.821. The van der Waals surface area contributed by atoms with E-state index in [1.54, 1.807) is 0 Å². The number of unbranched alkanes of at least 4 members (excludes halogenated alkanes) is 28. The van der Waals surface area contributed by atoms with Gasteiger partial charge in [0.25, 0.3) is 0 Å². The van der Waals surface area contributed by atoms with Gasteiger partial charge >= 0.3 is 5.97 Å². The molecule has 0 aromatic carbocycles. The van der Waals surface area contributed by atoms with E-state index in [9.17, 15) is 19.8 Å². The Hall–Kier alpha value is -2.18. The molecule has 0 aliphatic heterocycles. The van der Waals surface area contributed by atoms with Gasteiger partial charge < -0.3 is 20.3 Å². The zero-order chi connectivity index (χ0) is 45.2. The highest BCUT2D eigenvalue weighted by molar-refractivity contribution is 5.77. The van der Waals surface area contributed by atoms with Crippen molar-refractivity contribution in [3.63, 3.8) is 0 Å². The summed E-state index contributed by atoms with van der Waals surface area (Å²) >= 11 is 0. The molecule has 0 heterocycles. The Kier molecular flexibility index (Phi) is 48.1. The molecule has 0 bridgehead atoms. The third kappa shape index (κ3) is 44.4. The molecule has 0 spiro atoms. The first-order valence-corrected chi connectivity index (χ1v) is 26.9. The molecule has 0 aliphatic carbocycles. The predicted octanol–water partition coefficient (Wildman–Crippen LogP) is 16.2. The van der Waals surface area contributed by atoms with Gasteiger partial charge in [0, 0.05) is 6.42 Å². The Morgan fingerprint density at radius 3 is 1.34 bits per heavy atom. The summed E-state index contributed by atoms with van der Waals surface area (Å²) in [6.45, 7) is 6.37. The summed E-state index contributed by atoms with van der Waals surface area (Å²) in [4.78, 5) is 26.2. The average molecular weight is 870 g/mol. The van der Waals surface area contributed by atoms with Crippen molar-refractivity contribution in [1.29, 1.82) is 0 Å². The number of aliphatic hydroxyl groups is 2. The van der Waals surface area contributed by atoms with Crippen LogP contribution in [0.4, 0.5) is 0 Å². The maximum absolute atomic E-state index is 13.2. The highest BCUT2D eigenvalue weighted by atomic mass is 16.5. The largest absolute Gasteiger partial charge is 0.462 e. The maximum Gasteiger partial charge on any atom is 0.306 e. The molecule has 0 saturated carbocycles. The van der Waals surface area contributed by atoms with Gasteiger partial charge in [-0.1, -0.05) is 223 Å². The second-order valence-electron chi connectivity index (χ2n) is 18.2. The van der Waals surface area contributed by atoms with Gasteiger partial charge in [0.2, 0.25) is 5.91 Å². The van der Waals surface area contributed by atoms with Crippen LogP contribution in [0, 0.1) is 0 Å². The number of aliphatic hydroxyl groups excluding tert-OH is 2. The lowest BCUT2D eigenvalue weighted by molar-refractivity contribution is -0.151. The monoisotopic (exact) mass is 870 g/mol. The third-order valence-electron chi connectivity index (χ3n) is 12.1. The van der Waals surface area contributed by atoms with Gasteiger partial charge in [-0.25, -0.2) is 0 Å². The van der Waals surface area contributed by atoms with Gasteiger partial charge in [-0.3, -0.25) is 9.59 Å². The van der Waals surface area contributed by atoms with Gasteiger partial charge in [-0.2, -0.15) is 0 Å². The van der Waals surface area contributed by atoms with E-state index in [1.165, 1.54) is 128 Å². The lowest BCUT2D eigenvalue weighted by Crippen LogP contribution is -2.46. The Labute approximate surface area is 385 Å². The van der Waals surface area contributed by atoms with Crippen LogP contribution in [-0.2, 0) is 14.3 Å². The minimum Gasteiger partial charge on any atom is -0.462 e. The molecular weight excluding hydrogens is 767 g/mol. The van der Waals surface area contributed by atoms with Crippen molar-refractivity contribution >= 4 is 11.9 Å². The molecule has 362 valence electrons. The molecule has 6 nitrogen and oxygen atoms in total. The quantitative estimate of drug-likeness (QED) is 0.0322. The lowest BCUT2D eigenvalue weighted by Gasteiger charge is -2.24. The molecule has 0 saturated heterocycles. The van der Waals surface area contributed by atoms with Crippen LogP contribution in [-0.4, -0.2) is 46.9 Å². The Bertz CT molecular complexity index is 1070. The molecule has 0 aromatic rings. The summed E-state index contributed by atoms with van der Waals surface area (Å²) in [7, 11) is 0. The number of hydrogen-bond donors (Lipinski definition) is 3. The van der Waals surface area contributed by atoms with Crippen LogP contribution in [0.1, 0.15) is 271 Å². The fourth-order valence-electron chi connectivity index (χ4n) is 8.09. The van der Waals surface area contributed by atoms with Crippen molar-refractivity contribution in [1.82, 2.24) is 5.32 Å². The lowest BCUT2D eigenvalue weighted by atomic mass is 10.0. The van der Waals surface area contributed by atoms with Crippen LogP contribution in [0.3, 0.4) is 0 Å². The number of nitrogens with one attached hydrogen (secondary N) is 1. The van der Waals surface area contributed by atoms with E-state index in [2.05, 4.69) is 74.7 Å². The van der Waals surface area contributed by atoms with E-state index >= 15 is 0 Å². The molecule has 6 heteroatoms. The van der Waals surface area contributed by atoms with Gasteiger partial charge in [-0.05, 0) is 83.5 Å². The van der Waals surface area contributed by atoms with Gasteiger partial charge in [0.15, 0.2) is 0 Å². The van der Waals surface area contributed by atoms with E-state index in [0.29, 0.717) is 19.3 Å². The summed E-state index contributed by atoms with van der Waals surface area (Å²) in [5.74, 6) is -0.499. The van der Waals surface area contributed by atoms with Gasteiger partial charge in [-0.15, -0.1) is 0 Å². The van der Waals surface area contributed by atoms with E-state index < -0.39 is 18.2 Å². The van der Waals surface area contributed by atoms with Crippen molar-refractivity contribution < 1.29 is 24.5 Å². The summed E-state index contributed by atoms with van der Waals surface area (Å²) < 4.78 is 5.93. The second-order valence-corrected chi connectivity index (χ2v) is 18.2. The number of ether oxygens (including phenoxy) is 1. The number of amides is 1. The minimum absolute atomic E-state index is 0.0601. The minimum atomic E-state index is -0.794. The van der Waals surface area contributed by atoms with Crippen LogP contribution in [0.15, 0.2) is 48.6 Å². The number of esters is 1. The first kappa shape index (κ1) is 59.8. The molecule has 0 fully saturated rings. The smallest absolute Gasteiger partial charge is 0.306 e. The van der Waals surface area contributed by atoms with Crippen molar-refractivity contribution in [2.45, 2.75) is 289 Å². The van der Waals surface area contributed by atoms with Crippen LogP contribution < -0.4 is 5.32 Å². The summed E-state index contributed by atoms with van der Waals surface area (Å²) in [6.07, 6.45) is 60.3. The first-order chi connectivity index (χ1) is 30.5. The van der Waals surface area contributed by atoms with Crippen LogP contribution in [0.5, 0.6) is 0 Å². The van der Waals surface area contributed by atoms with Gasteiger partial charge in [0.1, 0.15) is 6.10 Å². The number of carbonyl (C=O) groups excluding carboxylic acids is 2. The molecule has 0 aromatic heterocycles. The first-order valence-electron chi connectivity index (χ1n) is 26.9. The molecule has 0 aliphatic rings. The zero-order valence-corrected chi connectivity index (χ0v) is 41.3. The predicted molar refractivity (Wildman–Crippen MR) is 269 cm³/mol. The number of hydrogen-bond acceptors (Lipinski definition) is 5. The highest BCUT2D eigenvalue weighted by Gasteiger charge is 2.24. The molecule has 3 atom stereocenters. The average Bonchev–Trinajstić information content (AvgIpc) is 3.26. The fourth-order valence-corrected chi connectivity index (χ4v) is 8.09. The van der Waals surface area contributed by atoms with Crippen molar-refractivity contribution in [2.75, 3.05) is 6.61 Å². The molecule has 62 heavy (non-hydrogen) atoms. The molecule has 0 rings (SSSR count). The molecule has 0 radical (unpaired) electrons. The number of carbonyl (C=O) groups is 2. The SMILES string of the molecule is CC/C=C/C/C=C/C/C=C/CCCCCCC(CC(=O)NC(CO)C(O)CCCCCCCCCCCCC)OC(=O)CCCCCCC/C=C/CCCCCCCCCCC. The summed E-state index contributed by atoms with van der Waals surface area (Å²) in [5, 5.41) is 23.7. The Morgan fingerprint density at radius 2 is 0.871 bits per heavy atom. The Morgan fingerprint density at radius 1 is 0.484 bits per heavy atom. The Balaban J connectivity index is 4.58. The topological polar surface area (TPSA) is 95.9 Å². The normalized spacial score (nSPS) is 13.6. The summed E-state index contributed by atoms with van der Waals surface area (Å²) in [6, 6.07) is -0.710. The van der Waals surface area contributed by atoms with E-state index in [4.69, 9.17) is 4.74 Å². The van der Waals surface area contributed by atoms with E-state index in [0.717, 1.165) is 96.3 Å². The van der Waals surface area contributed by atoms with Crippen molar-refractivity contribution in [2.24, 2.45) is 0 Å². The van der Waals surface area contributed by atoms with Gasteiger partial charge in [0.05, 0.1) is 25.2 Å². The summed E-state index contributed by atoms with van der Waals surface area (Å²) in [5.41, 5.74) is 0. The number of allylic oxidation sites excluding steroid dienone is 8. The molecule has 3 N–H and O–H groups in total. The standard InChI is InChI=1S/C56H103NO5/c1-4-7-10-13-16-19-22-24-26-27-28-29-31-34-37-40-43-46-49-56(61)62-52(47-44-41-38-35-33-30-25-23-20-17-14-11-8-5-2)50-55(60)57-53(51-58)54(59)48-45-42-39-36-32-21-18-15-12-9-6-3/h8,11,17,20,25,28-30,52-54,58-59H,4-7,9-10,12-16,18-19,21-24,26-27,31-51H2,1-3H3,(H,57,60)/b11-8+,20-17+,29-28+,30-25+. The van der Waals surface area contributed by atoms with E-state index in [1.807, 2.05) is 0 Å². The maximum atomic E-state index is 13.2. The molecule has 3 unspecified atom stereocenters. The zero-order valence-electron chi connectivity index (χ0n) is 41.3. The van der Waals surface area contributed by atoms with Crippen LogP contribution in [0.25, 0.3) is 0 Å².